The highest BCUT2D eigenvalue weighted by molar-refractivity contribution is 7.93. The predicted molar refractivity (Wildman–Crippen MR) is 72.6 cm³/mol. The zero-order valence-electron chi connectivity index (χ0n) is 10.7. The first-order valence-corrected chi connectivity index (χ1v) is 7.29. The fourth-order valence-electron chi connectivity index (χ4n) is 1.42. The third-order valence-corrected chi connectivity index (χ3v) is 4.11. The molecule has 0 aromatic heterocycles. The van der Waals surface area contributed by atoms with Crippen molar-refractivity contribution in [3.8, 4) is 17.9 Å². The standard InChI is InChI=1S/C13H13FN2O3S/c1-2-11(9-15)20(18,19)16-13-6-5-10(4-3-7-17)8-12(13)14/h5-6,8,11,16-17H,2,7H2,1H3. The molecule has 1 unspecified atom stereocenters. The van der Waals surface area contributed by atoms with E-state index in [4.69, 9.17) is 10.4 Å². The van der Waals surface area contributed by atoms with Crippen LogP contribution in [0.25, 0.3) is 0 Å². The van der Waals surface area contributed by atoms with Crippen LogP contribution in [0.5, 0.6) is 0 Å². The molecule has 0 heterocycles. The molecule has 1 aromatic carbocycles. The zero-order chi connectivity index (χ0) is 15.2. The highest BCUT2D eigenvalue weighted by Gasteiger charge is 2.24. The van der Waals surface area contributed by atoms with Gasteiger partial charge >= 0.3 is 0 Å². The number of hydrogen-bond donors (Lipinski definition) is 2. The second-order valence-electron chi connectivity index (χ2n) is 3.83. The van der Waals surface area contributed by atoms with Gasteiger partial charge in [0.15, 0.2) is 5.25 Å². The summed E-state index contributed by atoms with van der Waals surface area (Å²) in [6, 6.07) is 5.33. The minimum atomic E-state index is -3.95. The summed E-state index contributed by atoms with van der Waals surface area (Å²) in [5.74, 6) is 4.05. The monoisotopic (exact) mass is 296 g/mol. The van der Waals surface area contributed by atoms with Crippen molar-refractivity contribution in [2.24, 2.45) is 0 Å². The molecule has 20 heavy (non-hydrogen) atoms. The van der Waals surface area contributed by atoms with Crippen molar-refractivity contribution in [3.05, 3.63) is 29.6 Å². The Morgan fingerprint density at radius 1 is 1.50 bits per heavy atom. The highest BCUT2D eigenvalue weighted by atomic mass is 32.2. The van der Waals surface area contributed by atoms with Gasteiger partial charge in [-0.15, -0.1) is 0 Å². The van der Waals surface area contributed by atoms with E-state index in [0.29, 0.717) is 5.56 Å². The van der Waals surface area contributed by atoms with Crippen LogP contribution in [-0.4, -0.2) is 25.4 Å². The first-order chi connectivity index (χ1) is 9.44. The van der Waals surface area contributed by atoms with Crippen LogP contribution >= 0.6 is 0 Å². The van der Waals surface area contributed by atoms with Gasteiger partial charge in [0.2, 0.25) is 10.0 Å². The van der Waals surface area contributed by atoms with Gasteiger partial charge in [-0.2, -0.15) is 5.26 Å². The van der Waals surface area contributed by atoms with Gasteiger partial charge in [-0.1, -0.05) is 18.8 Å². The number of aliphatic hydroxyl groups is 1. The number of rotatable bonds is 4. The number of halogens is 1. The maximum absolute atomic E-state index is 13.7. The third kappa shape index (κ3) is 3.95. The summed E-state index contributed by atoms with van der Waals surface area (Å²) in [6.07, 6.45) is 0.105. The molecule has 2 N–H and O–H groups in total. The molecule has 106 valence electrons. The molecule has 7 heteroatoms. The van der Waals surface area contributed by atoms with Gasteiger partial charge in [-0.3, -0.25) is 4.72 Å². The van der Waals surface area contributed by atoms with Crippen molar-refractivity contribution < 1.29 is 17.9 Å². The fourth-order valence-corrected chi connectivity index (χ4v) is 2.61. The Morgan fingerprint density at radius 2 is 2.20 bits per heavy atom. The normalized spacial score (nSPS) is 11.9. The molecule has 0 fully saturated rings. The molecule has 0 radical (unpaired) electrons. The summed E-state index contributed by atoms with van der Waals surface area (Å²) < 4.78 is 39.4. The number of benzene rings is 1. The van der Waals surface area contributed by atoms with Gasteiger partial charge < -0.3 is 5.11 Å². The molecule has 5 nitrogen and oxygen atoms in total. The summed E-state index contributed by atoms with van der Waals surface area (Å²) in [5, 5.41) is 16.0. The lowest BCUT2D eigenvalue weighted by Crippen LogP contribution is -2.26. The van der Waals surface area contributed by atoms with E-state index in [2.05, 4.69) is 11.8 Å². The van der Waals surface area contributed by atoms with E-state index in [1.165, 1.54) is 12.1 Å². The molecule has 1 rings (SSSR count). The van der Waals surface area contributed by atoms with Gasteiger partial charge in [-0.05, 0) is 24.6 Å². The topological polar surface area (TPSA) is 90.2 Å². The molecule has 0 aliphatic heterocycles. The summed E-state index contributed by atoms with van der Waals surface area (Å²) in [4.78, 5) is 0. The van der Waals surface area contributed by atoms with E-state index in [9.17, 15) is 12.8 Å². The van der Waals surface area contributed by atoms with Crippen LogP contribution in [0, 0.1) is 29.0 Å². The second kappa shape index (κ2) is 6.90. The molecule has 1 aromatic rings. The molecule has 1 atom stereocenters. The van der Waals surface area contributed by atoms with Crippen LogP contribution in [0.2, 0.25) is 0 Å². The Hall–Kier alpha value is -2.09. The number of anilines is 1. The first-order valence-electron chi connectivity index (χ1n) is 5.75. The van der Waals surface area contributed by atoms with Crippen molar-refractivity contribution in [2.45, 2.75) is 18.6 Å². The van der Waals surface area contributed by atoms with E-state index in [0.717, 1.165) is 6.07 Å². The zero-order valence-corrected chi connectivity index (χ0v) is 11.5. The predicted octanol–water partition coefficient (Wildman–Crippen LogP) is 1.21. The van der Waals surface area contributed by atoms with Crippen LogP contribution in [0.1, 0.15) is 18.9 Å². The number of aliphatic hydroxyl groups excluding tert-OH is 1. The smallest absolute Gasteiger partial charge is 0.249 e. The van der Waals surface area contributed by atoms with E-state index >= 15 is 0 Å². The summed E-state index contributed by atoms with van der Waals surface area (Å²) in [5.41, 5.74) is 0.0695. The number of nitrogens with one attached hydrogen (secondary N) is 1. The molecule has 0 saturated carbocycles. The molecule has 0 bridgehead atoms. The largest absolute Gasteiger partial charge is 0.384 e. The average Bonchev–Trinajstić information content (AvgIpc) is 2.40. The van der Waals surface area contributed by atoms with Crippen molar-refractivity contribution in [1.82, 2.24) is 0 Å². The maximum Gasteiger partial charge on any atom is 0.249 e. The number of nitriles is 1. The van der Waals surface area contributed by atoms with Crippen LogP contribution in [0.15, 0.2) is 18.2 Å². The summed E-state index contributed by atoms with van der Waals surface area (Å²) in [6.45, 7) is 1.20. The fraction of sp³-hybridized carbons (Fsp3) is 0.308. The Bertz CT molecular complexity index is 684. The quantitative estimate of drug-likeness (QED) is 0.817. The molecule has 0 spiro atoms. The van der Waals surface area contributed by atoms with Gasteiger partial charge in [0.1, 0.15) is 12.4 Å². The van der Waals surface area contributed by atoms with Crippen LogP contribution in [0.4, 0.5) is 10.1 Å². The van der Waals surface area contributed by atoms with E-state index in [1.54, 1.807) is 13.0 Å². The lowest BCUT2D eigenvalue weighted by atomic mass is 10.2. The van der Waals surface area contributed by atoms with Gasteiger partial charge in [-0.25, -0.2) is 12.8 Å². The van der Waals surface area contributed by atoms with Gasteiger partial charge in [0.05, 0.1) is 11.8 Å². The number of nitrogens with zero attached hydrogens (tertiary/aromatic N) is 1. The van der Waals surface area contributed by atoms with Crippen molar-refractivity contribution in [3.63, 3.8) is 0 Å². The molecule has 0 aliphatic rings. The second-order valence-corrected chi connectivity index (χ2v) is 5.69. The van der Waals surface area contributed by atoms with Crippen LogP contribution in [-0.2, 0) is 10.0 Å². The molecule has 0 saturated heterocycles. The minimum Gasteiger partial charge on any atom is -0.384 e. The molecule has 0 amide bonds. The number of sulfonamides is 1. The Morgan fingerprint density at radius 3 is 2.70 bits per heavy atom. The minimum absolute atomic E-state index is 0.105. The van der Waals surface area contributed by atoms with Crippen LogP contribution in [0.3, 0.4) is 0 Å². The SMILES string of the molecule is CCC(C#N)S(=O)(=O)Nc1ccc(C#CCO)cc1F. The maximum atomic E-state index is 13.7. The van der Waals surface area contributed by atoms with Crippen LogP contribution < -0.4 is 4.72 Å². The number of hydrogen-bond acceptors (Lipinski definition) is 4. The average molecular weight is 296 g/mol. The lowest BCUT2D eigenvalue weighted by Gasteiger charge is -2.11. The first kappa shape index (κ1) is 16.0. The molecule has 0 aliphatic carbocycles. The molecular weight excluding hydrogens is 283 g/mol. The lowest BCUT2D eigenvalue weighted by molar-refractivity contribution is 0.350. The van der Waals surface area contributed by atoms with Crippen molar-refractivity contribution in [2.75, 3.05) is 11.3 Å². The van der Waals surface area contributed by atoms with Crippen molar-refractivity contribution in [1.29, 1.82) is 5.26 Å². The Balaban J connectivity index is 3.03. The summed E-state index contributed by atoms with van der Waals surface area (Å²) >= 11 is 0. The van der Waals surface area contributed by atoms with E-state index in [1.807, 2.05) is 4.72 Å². The van der Waals surface area contributed by atoms with E-state index < -0.39 is 21.1 Å². The molecular formula is C13H13FN2O3S. The van der Waals surface area contributed by atoms with Crippen molar-refractivity contribution >= 4 is 15.7 Å². The van der Waals surface area contributed by atoms with E-state index in [-0.39, 0.29) is 18.7 Å². The summed E-state index contributed by atoms with van der Waals surface area (Å²) in [7, 11) is -3.95. The van der Waals surface area contributed by atoms with Gasteiger partial charge in [0.25, 0.3) is 0 Å². The Kier molecular flexibility index (Phi) is 5.51. The third-order valence-electron chi connectivity index (χ3n) is 2.42. The highest BCUT2D eigenvalue weighted by Crippen LogP contribution is 2.19. The van der Waals surface area contributed by atoms with Gasteiger partial charge in [0, 0.05) is 5.56 Å². The Labute approximate surface area is 117 Å².